The smallest absolute Gasteiger partial charge is 0.124 e. The number of rotatable bonds is 3. The van der Waals surface area contributed by atoms with Crippen molar-refractivity contribution in [3.05, 3.63) is 48.5 Å². The monoisotopic (exact) mass is 452 g/mol. The van der Waals surface area contributed by atoms with Gasteiger partial charge in [-0.05, 0) is 41.1 Å². The minimum absolute atomic E-state index is 0.133. The summed E-state index contributed by atoms with van der Waals surface area (Å²) in [5, 5.41) is 0. The van der Waals surface area contributed by atoms with Crippen LogP contribution >= 0.6 is 59.1 Å². The van der Waals surface area contributed by atoms with E-state index in [1.807, 2.05) is 12.1 Å². The first-order chi connectivity index (χ1) is 8.52. The van der Waals surface area contributed by atoms with E-state index in [-0.39, 0.29) is 4.83 Å². The molecule has 2 rings (SSSR count). The molecule has 0 spiro atoms. The van der Waals surface area contributed by atoms with Gasteiger partial charge in [-0.25, -0.2) is 0 Å². The van der Waals surface area contributed by atoms with Crippen LogP contribution in [0.4, 0.5) is 0 Å². The van der Waals surface area contributed by atoms with E-state index in [1.165, 1.54) is 9.75 Å². The molecular weight excluding hydrogens is 444 g/mol. The van der Waals surface area contributed by atoms with Crippen molar-refractivity contribution in [2.75, 3.05) is 7.11 Å². The average Bonchev–Trinajstić information content (AvgIpc) is 2.67. The molecule has 0 aliphatic carbocycles. The van der Waals surface area contributed by atoms with Gasteiger partial charge in [-0.15, -0.1) is 11.3 Å². The molecule has 5 heteroatoms. The Kier molecular flexibility index (Phi) is 4.92. The summed E-state index contributed by atoms with van der Waals surface area (Å²) in [6.07, 6.45) is 0. The first-order valence-corrected chi connectivity index (χ1v) is 8.58. The number of thiophene rings is 1. The molecular formula is C13H11Br3OS. The first-order valence-electron chi connectivity index (χ1n) is 5.26. The van der Waals surface area contributed by atoms with Gasteiger partial charge in [0.2, 0.25) is 0 Å². The van der Waals surface area contributed by atoms with Crippen molar-refractivity contribution < 1.29 is 4.74 Å². The van der Waals surface area contributed by atoms with Crippen LogP contribution in [-0.2, 0) is 0 Å². The number of benzene rings is 1. The van der Waals surface area contributed by atoms with E-state index in [1.54, 1.807) is 18.4 Å². The highest BCUT2D eigenvalue weighted by Crippen LogP contribution is 2.44. The van der Waals surface area contributed by atoms with Crippen LogP contribution in [0.2, 0.25) is 0 Å². The highest BCUT2D eigenvalue weighted by molar-refractivity contribution is 9.11. The molecule has 1 unspecified atom stereocenters. The summed E-state index contributed by atoms with van der Waals surface area (Å²) in [4.78, 5) is 2.68. The van der Waals surface area contributed by atoms with Crippen LogP contribution in [0.1, 0.15) is 20.1 Å². The van der Waals surface area contributed by atoms with Gasteiger partial charge in [-0.2, -0.15) is 0 Å². The fourth-order valence-electron chi connectivity index (χ4n) is 1.71. The lowest BCUT2D eigenvalue weighted by Gasteiger charge is -2.14. The Morgan fingerprint density at radius 1 is 1.22 bits per heavy atom. The average molecular weight is 455 g/mol. The summed E-state index contributed by atoms with van der Waals surface area (Å²) in [6, 6.07) is 8.22. The van der Waals surface area contributed by atoms with Gasteiger partial charge >= 0.3 is 0 Å². The molecule has 1 heterocycles. The molecule has 0 bridgehead atoms. The van der Waals surface area contributed by atoms with Crippen LogP contribution in [0.25, 0.3) is 0 Å². The first kappa shape index (κ1) is 14.6. The fourth-order valence-corrected chi connectivity index (χ4v) is 5.14. The van der Waals surface area contributed by atoms with Crippen LogP contribution < -0.4 is 4.74 Å². The zero-order valence-corrected chi connectivity index (χ0v) is 15.4. The van der Waals surface area contributed by atoms with Crippen LogP contribution in [0.15, 0.2) is 33.2 Å². The van der Waals surface area contributed by atoms with Gasteiger partial charge < -0.3 is 4.74 Å². The van der Waals surface area contributed by atoms with Gasteiger partial charge in [0.25, 0.3) is 0 Å². The second-order valence-corrected chi connectivity index (χ2v) is 7.79. The lowest BCUT2D eigenvalue weighted by Crippen LogP contribution is -1.95. The summed E-state index contributed by atoms with van der Waals surface area (Å²) >= 11 is 12.6. The second kappa shape index (κ2) is 6.07. The summed E-state index contributed by atoms with van der Waals surface area (Å²) in [7, 11) is 1.69. The lowest BCUT2D eigenvalue weighted by atomic mass is 10.1. The summed E-state index contributed by atoms with van der Waals surface area (Å²) < 4.78 is 7.60. The number of aryl methyl sites for hydroxylation is 1. The van der Waals surface area contributed by atoms with Crippen molar-refractivity contribution in [1.82, 2.24) is 0 Å². The molecule has 0 aliphatic heterocycles. The third-order valence-corrected chi connectivity index (χ3v) is 6.32. The number of halogens is 3. The zero-order chi connectivity index (χ0) is 13.3. The molecule has 1 aromatic carbocycles. The van der Waals surface area contributed by atoms with Gasteiger partial charge in [-0.1, -0.05) is 37.9 Å². The summed E-state index contributed by atoms with van der Waals surface area (Å²) in [5.74, 6) is 0.879. The highest BCUT2D eigenvalue weighted by atomic mass is 79.9. The maximum atomic E-state index is 5.44. The van der Waals surface area contributed by atoms with Crippen LogP contribution in [0, 0.1) is 6.92 Å². The number of hydrogen-bond donors (Lipinski definition) is 0. The summed E-state index contributed by atoms with van der Waals surface area (Å²) in [5.41, 5.74) is 1.13. The number of methoxy groups -OCH3 is 1. The Bertz CT molecular complexity index is 565. The van der Waals surface area contributed by atoms with Crippen LogP contribution in [0.3, 0.4) is 0 Å². The van der Waals surface area contributed by atoms with Gasteiger partial charge in [0, 0.05) is 24.3 Å². The standard InChI is InChI=1S/C13H11Br3OS/c1-7-5-10(15)13(18-7)12(16)9-4-3-8(14)6-11(9)17-2/h3-6,12H,1-2H3. The Morgan fingerprint density at radius 3 is 2.50 bits per heavy atom. The fraction of sp³-hybridized carbons (Fsp3) is 0.231. The van der Waals surface area contributed by atoms with Crippen molar-refractivity contribution in [3.63, 3.8) is 0 Å². The van der Waals surface area contributed by atoms with E-state index in [4.69, 9.17) is 4.74 Å². The van der Waals surface area contributed by atoms with E-state index >= 15 is 0 Å². The van der Waals surface area contributed by atoms with E-state index < -0.39 is 0 Å². The van der Waals surface area contributed by atoms with Crippen LogP contribution in [0.5, 0.6) is 5.75 Å². The largest absolute Gasteiger partial charge is 0.496 e. The third-order valence-electron chi connectivity index (χ3n) is 2.54. The van der Waals surface area contributed by atoms with Crippen molar-refractivity contribution >= 4 is 59.1 Å². The minimum Gasteiger partial charge on any atom is -0.496 e. The zero-order valence-electron chi connectivity index (χ0n) is 9.84. The third kappa shape index (κ3) is 3.00. The molecule has 0 amide bonds. The van der Waals surface area contributed by atoms with Crippen molar-refractivity contribution in [3.8, 4) is 5.75 Å². The predicted octanol–water partition coefficient (Wildman–Crippen LogP) is 6.07. The van der Waals surface area contributed by atoms with E-state index in [9.17, 15) is 0 Å². The highest BCUT2D eigenvalue weighted by Gasteiger charge is 2.19. The molecule has 96 valence electrons. The SMILES string of the molecule is COc1cc(Br)ccc1C(Br)c1sc(C)cc1Br. The maximum absolute atomic E-state index is 5.44. The molecule has 0 fully saturated rings. The summed E-state index contributed by atoms with van der Waals surface area (Å²) in [6.45, 7) is 2.11. The van der Waals surface area contributed by atoms with Crippen molar-refractivity contribution in [1.29, 1.82) is 0 Å². The Balaban J connectivity index is 2.45. The minimum atomic E-state index is 0.133. The molecule has 0 aliphatic rings. The molecule has 0 N–H and O–H groups in total. The van der Waals surface area contributed by atoms with Gasteiger partial charge in [0.05, 0.1) is 11.9 Å². The Hall–Kier alpha value is 0.160. The van der Waals surface area contributed by atoms with Gasteiger partial charge in [0.15, 0.2) is 0 Å². The number of hydrogen-bond acceptors (Lipinski definition) is 2. The molecule has 18 heavy (non-hydrogen) atoms. The molecule has 0 radical (unpaired) electrons. The molecule has 1 atom stereocenters. The normalized spacial score (nSPS) is 12.5. The molecule has 2 aromatic rings. The maximum Gasteiger partial charge on any atom is 0.124 e. The molecule has 1 aromatic heterocycles. The lowest BCUT2D eigenvalue weighted by molar-refractivity contribution is 0.410. The van der Waals surface area contributed by atoms with E-state index in [2.05, 4.69) is 66.8 Å². The van der Waals surface area contributed by atoms with Crippen LogP contribution in [-0.4, -0.2) is 7.11 Å². The second-order valence-electron chi connectivity index (χ2n) is 3.82. The predicted molar refractivity (Wildman–Crippen MR) is 88.2 cm³/mol. The van der Waals surface area contributed by atoms with Gasteiger partial charge in [0.1, 0.15) is 5.75 Å². The van der Waals surface area contributed by atoms with Crippen molar-refractivity contribution in [2.24, 2.45) is 0 Å². The number of alkyl halides is 1. The van der Waals surface area contributed by atoms with Crippen molar-refractivity contribution in [2.45, 2.75) is 11.8 Å². The quantitative estimate of drug-likeness (QED) is 0.511. The Labute approximate surface area is 136 Å². The van der Waals surface area contributed by atoms with E-state index in [0.29, 0.717) is 0 Å². The molecule has 0 saturated heterocycles. The molecule has 1 nitrogen and oxygen atoms in total. The van der Waals surface area contributed by atoms with Gasteiger partial charge in [-0.3, -0.25) is 0 Å². The molecule has 0 saturated carbocycles. The van der Waals surface area contributed by atoms with E-state index in [0.717, 1.165) is 20.3 Å². The topological polar surface area (TPSA) is 9.23 Å². The Morgan fingerprint density at radius 2 is 1.94 bits per heavy atom. The number of ether oxygens (including phenoxy) is 1.